The number of amides is 3. The summed E-state index contributed by atoms with van der Waals surface area (Å²) < 4.78 is 5.40. The van der Waals surface area contributed by atoms with Crippen LogP contribution < -0.4 is 10.6 Å². The second-order valence-corrected chi connectivity index (χ2v) is 10.4. The zero-order valence-electron chi connectivity index (χ0n) is 23.1. The summed E-state index contributed by atoms with van der Waals surface area (Å²) in [5, 5.41) is 15.3. The molecule has 3 amide bonds. The van der Waals surface area contributed by atoms with Crippen LogP contribution in [0.1, 0.15) is 70.2 Å². The number of aromatic hydroxyl groups is 1. The summed E-state index contributed by atoms with van der Waals surface area (Å²) in [5.41, 5.74) is 0.927. The van der Waals surface area contributed by atoms with Crippen LogP contribution in [0.15, 0.2) is 48.5 Å². The molecule has 0 aliphatic carbocycles. The van der Waals surface area contributed by atoms with Crippen LogP contribution in [0.3, 0.4) is 0 Å². The zero-order chi connectivity index (χ0) is 28.5. The third-order valence-corrected chi connectivity index (χ3v) is 5.87. The predicted octanol–water partition coefficient (Wildman–Crippen LogP) is 4.31. The van der Waals surface area contributed by atoms with E-state index in [1.54, 1.807) is 57.2 Å². The maximum Gasteiger partial charge on any atom is 0.408 e. The molecule has 3 unspecified atom stereocenters. The van der Waals surface area contributed by atoms with Gasteiger partial charge in [-0.25, -0.2) is 4.79 Å². The predicted molar refractivity (Wildman–Crippen MR) is 147 cm³/mol. The van der Waals surface area contributed by atoms with Crippen molar-refractivity contribution in [2.75, 3.05) is 7.05 Å². The van der Waals surface area contributed by atoms with E-state index in [-0.39, 0.29) is 24.1 Å². The SMILES string of the molecule is C#Cc1ccccc1C(C(=O)NC(C)CCC)N(C)C(=O)C(Cc1ccc(O)cc1)NC(=O)OC(C)(C)C. The molecule has 2 aromatic rings. The Labute approximate surface area is 225 Å². The van der Waals surface area contributed by atoms with Crippen molar-refractivity contribution in [2.24, 2.45) is 0 Å². The Morgan fingerprint density at radius 2 is 1.71 bits per heavy atom. The smallest absolute Gasteiger partial charge is 0.408 e. The lowest BCUT2D eigenvalue weighted by molar-refractivity contribution is -0.141. The summed E-state index contributed by atoms with van der Waals surface area (Å²) >= 11 is 0. The summed E-state index contributed by atoms with van der Waals surface area (Å²) in [7, 11) is 1.52. The number of rotatable bonds is 10. The molecule has 0 fully saturated rings. The molecular weight excluding hydrogens is 482 g/mol. The molecule has 2 aromatic carbocycles. The summed E-state index contributed by atoms with van der Waals surface area (Å²) in [6.07, 6.45) is 6.74. The van der Waals surface area contributed by atoms with E-state index in [2.05, 4.69) is 16.6 Å². The van der Waals surface area contributed by atoms with E-state index in [4.69, 9.17) is 11.2 Å². The number of hydrogen-bond acceptors (Lipinski definition) is 5. The number of nitrogens with one attached hydrogen (secondary N) is 2. The van der Waals surface area contributed by atoms with Crippen LogP contribution >= 0.6 is 0 Å². The van der Waals surface area contributed by atoms with Crippen molar-refractivity contribution < 1.29 is 24.2 Å². The summed E-state index contributed by atoms with van der Waals surface area (Å²) in [6, 6.07) is 11.1. The average molecular weight is 522 g/mol. The highest BCUT2D eigenvalue weighted by atomic mass is 16.6. The van der Waals surface area contributed by atoms with E-state index in [9.17, 15) is 19.5 Å². The molecule has 3 N–H and O–H groups in total. The number of alkyl carbamates (subject to hydrolysis) is 1. The number of terminal acetylenes is 1. The Morgan fingerprint density at radius 1 is 1.08 bits per heavy atom. The van der Waals surface area contributed by atoms with Crippen LogP contribution in [-0.4, -0.2) is 52.6 Å². The first kappa shape index (κ1) is 30.2. The van der Waals surface area contributed by atoms with Gasteiger partial charge in [0.15, 0.2) is 0 Å². The number of carbonyl (C=O) groups is 3. The minimum atomic E-state index is -1.05. The van der Waals surface area contributed by atoms with E-state index < -0.39 is 29.7 Å². The number of ether oxygens (including phenoxy) is 1. The van der Waals surface area contributed by atoms with Gasteiger partial charge in [0.1, 0.15) is 23.4 Å². The van der Waals surface area contributed by atoms with E-state index >= 15 is 0 Å². The van der Waals surface area contributed by atoms with Crippen molar-refractivity contribution in [1.82, 2.24) is 15.5 Å². The molecule has 0 saturated heterocycles. The maximum atomic E-state index is 13.9. The second kappa shape index (κ2) is 13.5. The van der Waals surface area contributed by atoms with Crippen molar-refractivity contribution >= 4 is 17.9 Å². The molecule has 8 nitrogen and oxygen atoms in total. The molecule has 0 aliphatic heterocycles. The largest absolute Gasteiger partial charge is 0.508 e. The molecule has 0 aromatic heterocycles. The van der Waals surface area contributed by atoms with Gasteiger partial charge in [0.25, 0.3) is 0 Å². The monoisotopic (exact) mass is 521 g/mol. The van der Waals surface area contributed by atoms with E-state index in [0.717, 1.165) is 12.8 Å². The van der Waals surface area contributed by atoms with Gasteiger partial charge >= 0.3 is 6.09 Å². The Kier molecular flexibility index (Phi) is 10.8. The highest BCUT2D eigenvalue weighted by molar-refractivity contribution is 5.92. The van der Waals surface area contributed by atoms with E-state index in [0.29, 0.717) is 16.7 Å². The van der Waals surface area contributed by atoms with Crippen LogP contribution in [0.4, 0.5) is 4.79 Å². The number of carbonyl (C=O) groups excluding carboxylic acids is 3. The standard InChI is InChI=1S/C30H39N3O5/c1-8-12-20(3)31-27(35)26(24-14-11-10-13-22(24)9-2)33(7)28(36)25(32-29(37)38-30(4,5)6)19-21-15-17-23(34)18-16-21/h2,10-11,13-18,20,25-26,34H,8,12,19H2,1,3-7H3,(H,31,35)(H,32,37). The van der Waals surface area contributed by atoms with Crippen molar-refractivity contribution in [3.05, 3.63) is 65.2 Å². The Hall–Kier alpha value is -3.99. The molecule has 2 rings (SSSR count). The quantitative estimate of drug-likeness (QED) is 0.404. The van der Waals surface area contributed by atoms with Gasteiger partial charge in [-0.2, -0.15) is 0 Å². The fourth-order valence-corrected chi connectivity index (χ4v) is 4.11. The normalized spacial score (nSPS) is 13.4. The lowest BCUT2D eigenvalue weighted by Gasteiger charge is -2.33. The number of hydrogen-bond donors (Lipinski definition) is 3. The number of likely N-dealkylation sites (N-methyl/N-ethyl adjacent to an activating group) is 1. The molecule has 8 heteroatoms. The van der Waals surface area contributed by atoms with Gasteiger partial charge in [0, 0.05) is 25.1 Å². The van der Waals surface area contributed by atoms with E-state index in [1.165, 1.54) is 24.1 Å². The van der Waals surface area contributed by atoms with Gasteiger partial charge in [-0.1, -0.05) is 49.6 Å². The van der Waals surface area contributed by atoms with Gasteiger partial charge in [0.2, 0.25) is 11.8 Å². The average Bonchev–Trinajstić information content (AvgIpc) is 2.83. The topological polar surface area (TPSA) is 108 Å². The van der Waals surface area contributed by atoms with Gasteiger partial charge in [-0.15, -0.1) is 6.42 Å². The minimum Gasteiger partial charge on any atom is -0.508 e. The highest BCUT2D eigenvalue weighted by Gasteiger charge is 2.35. The molecule has 3 atom stereocenters. The van der Waals surface area contributed by atoms with Crippen molar-refractivity contribution in [3.63, 3.8) is 0 Å². The lowest BCUT2D eigenvalue weighted by Crippen LogP contribution is -2.53. The lowest BCUT2D eigenvalue weighted by atomic mass is 9.97. The first-order valence-corrected chi connectivity index (χ1v) is 12.8. The van der Waals surface area contributed by atoms with E-state index in [1.807, 2.05) is 13.8 Å². The summed E-state index contributed by atoms with van der Waals surface area (Å²) in [4.78, 5) is 41.5. The van der Waals surface area contributed by atoms with Crippen LogP contribution in [0, 0.1) is 12.3 Å². The molecule has 0 bridgehead atoms. The number of phenols is 1. The van der Waals surface area contributed by atoms with Crippen LogP contribution in [0.2, 0.25) is 0 Å². The molecule has 0 radical (unpaired) electrons. The van der Waals surface area contributed by atoms with Gasteiger partial charge < -0.3 is 25.4 Å². The third kappa shape index (κ3) is 8.84. The summed E-state index contributed by atoms with van der Waals surface area (Å²) in [5.74, 6) is 1.81. The van der Waals surface area contributed by atoms with Gasteiger partial charge in [-0.05, 0) is 63.4 Å². The molecule has 0 heterocycles. The van der Waals surface area contributed by atoms with Crippen molar-refractivity contribution in [3.8, 4) is 18.1 Å². The minimum absolute atomic E-state index is 0.0812. The van der Waals surface area contributed by atoms with Crippen LogP contribution in [-0.2, 0) is 20.7 Å². The molecule has 0 aliphatic rings. The van der Waals surface area contributed by atoms with Gasteiger partial charge in [0.05, 0.1) is 0 Å². The molecule has 0 spiro atoms. The fraction of sp³-hybridized carbons (Fsp3) is 0.433. The molecular formula is C30H39N3O5. The Balaban J connectivity index is 2.47. The molecule has 204 valence electrons. The Morgan fingerprint density at radius 3 is 2.29 bits per heavy atom. The van der Waals surface area contributed by atoms with Crippen molar-refractivity contribution in [1.29, 1.82) is 0 Å². The first-order chi connectivity index (χ1) is 17.9. The summed E-state index contributed by atoms with van der Waals surface area (Å²) in [6.45, 7) is 9.11. The highest BCUT2D eigenvalue weighted by Crippen LogP contribution is 2.25. The second-order valence-electron chi connectivity index (χ2n) is 10.4. The van der Waals surface area contributed by atoms with Crippen LogP contribution in [0.25, 0.3) is 0 Å². The van der Waals surface area contributed by atoms with Crippen molar-refractivity contribution in [2.45, 2.75) is 77.6 Å². The fourth-order valence-electron chi connectivity index (χ4n) is 4.11. The number of phenolic OH excluding ortho intramolecular Hbond substituents is 1. The van der Waals surface area contributed by atoms with Crippen LogP contribution in [0.5, 0.6) is 5.75 Å². The zero-order valence-corrected chi connectivity index (χ0v) is 23.1. The Bertz CT molecular complexity index is 1150. The number of benzene rings is 2. The third-order valence-electron chi connectivity index (χ3n) is 5.87. The molecule has 38 heavy (non-hydrogen) atoms. The van der Waals surface area contributed by atoms with Gasteiger partial charge in [-0.3, -0.25) is 9.59 Å². The first-order valence-electron chi connectivity index (χ1n) is 12.8. The maximum absolute atomic E-state index is 13.9. The molecule has 0 saturated carbocycles. The number of nitrogens with zero attached hydrogens (tertiary/aromatic N) is 1.